The molecule has 0 amide bonds. The van der Waals surface area contributed by atoms with Crippen molar-refractivity contribution in [3.05, 3.63) is 35.9 Å². The number of hydrogen-bond acceptors (Lipinski definition) is 2. The van der Waals surface area contributed by atoms with Gasteiger partial charge in [0, 0.05) is 12.6 Å². The topological polar surface area (TPSA) is 12.5 Å². The smallest absolute Gasteiger partial charge is 0.100 e. The molecule has 3 rings (SSSR count). The monoisotopic (exact) mass is 217 g/mol. The molecule has 0 unspecified atom stereocenters. The summed E-state index contributed by atoms with van der Waals surface area (Å²) in [6, 6.07) is 11.4. The minimum Gasteiger partial charge on any atom is -0.361 e. The van der Waals surface area contributed by atoms with Gasteiger partial charge in [-0.05, 0) is 18.4 Å². The summed E-state index contributed by atoms with van der Waals surface area (Å²) in [7, 11) is 0. The van der Waals surface area contributed by atoms with E-state index in [9.17, 15) is 0 Å². The van der Waals surface area contributed by atoms with Gasteiger partial charge in [-0.15, -0.1) is 0 Å². The zero-order chi connectivity index (χ0) is 10.8. The van der Waals surface area contributed by atoms with Crippen molar-refractivity contribution in [3.8, 4) is 0 Å². The van der Waals surface area contributed by atoms with E-state index in [1.807, 2.05) is 0 Å². The molecule has 2 fully saturated rings. The molecule has 1 aliphatic heterocycles. The summed E-state index contributed by atoms with van der Waals surface area (Å²) in [5.74, 6) is 0. The maximum absolute atomic E-state index is 5.87. The van der Waals surface area contributed by atoms with Gasteiger partial charge in [0.25, 0.3) is 0 Å². The lowest BCUT2D eigenvalue weighted by Gasteiger charge is -2.29. The van der Waals surface area contributed by atoms with E-state index in [0.717, 1.165) is 13.3 Å². The molecule has 1 saturated carbocycles. The molecule has 2 nitrogen and oxygen atoms in total. The summed E-state index contributed by atoms with van der Waals surface area (Å²) in [5.41, 5.74) is 1.40. The molecule has 1 saturated heterocycles. The number of hydrogen-bond donors (Lipinski definition) is 0. The van der Waals surface area contributed by atoms with Crippen molar-refractivity contribution < 1.29 is 4.74 Å². The Morgan fingerprint density at radius 2 is 1.94 bits per heavy atom. The normalized spacial score (nSPS) is 30.2. The second kappa shape index (κ2) is 4.56. The first-order valence-corrected chi connectivity index (χ1v) is 6.33. The maximum Gasteiger partial charge on any atom is 0.100 e. The van der Waals surface area contributed by atoms with Crippen LogP contribution in [0.15, 0.2) is 30.3 Å². The number of rotatable bonds is 2. The SMILES string of the molecule is c1ccc(CN2CO[C@H]3CCCC[C@@H]32)cc1. The Labute approximate surface area is 97.2 Å². The number of fused-ring (bicyclic) bond motifs is 1. The third-order valence-electron chi connectivity index (χ3n) is 3.82. The standard InChI is InChI=1S/C14H19NO/c1-2-6-12(7-3-1)10-15-11-16-14-9-5-4-8-13(14)15/h1-3,6-7,13-14H,4-5,8-11H2/t13-,14-/m0/s1. The summed E-state index contributed by atoms with van der Waals surface area (Å²) in [6.45, 7) is 1.87. The van der Waals surface area contributed by atoms with Crippen LogP contribution in [0.5, 0.6) is 0 Å². The third-order valence-corrected chi connectivity index (χ3v) is 3.82. The van der Waals surface area contributed by atoms with E-state index in [1.165, 1.54) is 31.2 Å². The van der Waals surface area contributed by atoms with Crippen molar-refractivity contribution in [2.24, 2.45) is 0 Å². The molecule has 0 spiro atoms. The van der Waals surface area contributed by atoms with Gasteiger partial charge in [0.05, 0.1) is 6.10 Å². The lowest BCUT2D eigenvalue weighted by atomic mass is 9.92. The highest BCUT2D eigenvalue weighted by atomic mass is 16.5. The molecular formula is C14H19NO. The van der Waals surface area contributed by atoms with E-state index in [1.54, 1.807) is 0 Å². The summed E-state index contributed by atoms with van der Waals surface area (Å²) in [6.07, 6.45) is 5.81. The quantitative estimate of drug-likeness (QED) is 0.755. The Morgan fingerprint density at radius 1 is 1.12 bits per heavy atom. The lowest BCUT2D eigenvalue weighted by molar-refractivity contribution is 0.0760. The Hall–Kier alpha value is -0.860. The number of nitrogens with zero attached hydrogens (tertiary/aromatic N) is 1. The van der Waals surface area contributed by atoms with Gasteiger partial charge in [-0.3, -0.25) is 4.90 Å². The second-order valence-electron chi connectivity index (χ2n) is 4.92. The molecule has 16 heavy (non-hydrogen) atoms. The molecule has 2 atom stereocenters. The van der Waals surface area contributed by atoms with E-state index in [2.05, 4.69) is 35.2 Å². The Balaban J connectivity index is 1.67. The first-order chi connectivity index (χ1) is 7.93. The second-order valence-corrected chi connectivity index (χ2v) is 4.92. The molecular weight excluding hydrogens is 198 g/mol. The van der Waals surface area contributed by atoms with Gasteiger partial charge in [-0.2, -0.15) is 0 Å². The van der Waals surface area contributed by atoms with Crippen molar-refractivity contribution in [3.63, 3.8) is 0 Å². The highest BCUT2D eigenvalue weighted by Gasteiger charge is 2.36. The molecule has 0 aromatic heterocycles. The zero-order valence-corrected chi connectivity index (χ0v) is 9.64. The average molecular weight is 217 g/mol. The molecule has 0 N–H and O–H groups in total. The predicted molar refractivity (Wildman–Crippen MR) is 64.0 cm³/mol. The molecule has 1 heterocycles. The van der Waals surface area contributed by atoms with Gasteiger partial charge in [0.2, 0.25) is 0 Å². The Bertz CT molecular complexity index is 338. The molecule has 0 radical (unpaired) electrons. The fourth-order valence-corrected chi connectivity index (χ4v) is 2.96. The summed E-state index contributed by atoms with van der Waals surface area (Å²) in [5, 5.41) is 0. The fourth-order valence-electron chi connectivity index (χ4n) is 2.96. The van der Waals surface area contributed by atoms with E-state index < -0.39 is 0 Å². The van der Waals surface area contributed by atoms with Crippen molar-refractivity contribution in [2.45, 2.75) is 44.4 Å². The molecule has 2 heteroatoms. The third kappa shape index (κ3) is 2.00. The van der Waals surface area contributed by atoms with Gasteiger partial charge in [-0.1, -0.05) is 43.2 Å². The first kappa shape index (κ1) is 10.3. The van der Waals surface area contributed by atoms with Gasteiger partial charge < -0.3 is 4.74 Å². The predicted octanol–water partition coefficient (Wildman–Crippen LogP) is 2.79. The van der Waals surface area contributed by atoms with Crippen LogP contribution >= 0.6 is 0 Å². The van der Waals surface area contributed by atoms with Gasteiger partial charge >= 0.3 is 0 Å². The molecule has 1 aromatic carbocycles. The minimum absolute atomic E-state index is 0.512. The molecule has 1 aliphatic carbocycles. The van der Waals surface area contributed by atoms with Crippen LogP contribution in [0.3, 0.4) is 0 Å². The largest absolute Gasteiger partial charge is 0.361 e. The number of benzene rings is 1. The summed E-state index contributed by atoms with van der Waals surface area (Å²) < 4.78 is 5.87. The van der Waals surface area contributed by atoms with Crippen molar-refractivity contribution in [1.29, 1.82) is 0 Å². The van der Waals surface area contributed by atoms with Crippen LogP contribution in [-0.2, 0) is 11.3 Å². The van der Waals surface area contributed by atoms with Crippen LogP contribution in [0.2, 0.25) is 0 Å². The highest BCUT2D eigenvalue weighted by Crippen LogP contribution is 2.31. The Kier molecular flexibility index (Phi) is 2.94. The molecule has 1 aromatic rings. The van der Waals surface area contributed by atoms with E-state index in [-0.39, 0.29) is 0 Å². The Morgan fingerprint density at radius 3 is 2.81 bits per heavy atom. The van der Waals surface area contributed by atoms with Crippen molar-refractivity contribution in [2.75, 3.05) is 6.73 Å². The molecule has 86 valence electrons. The van der Waals surface area contributed by atoms with Crippen LogP contribution in [0.25, 0.3) is 0 Å². The first-order valence-electron chi connectivity index (χ1n) is 6.33. The van der Waals surface area contributed by atoms with Crippen LogP contribution in [-0.4, -0.2) is 23.8 Å². The minimum atomic E-state index is 0.512. The summed E-state index contributed by atoms with van der Waals surface area (Å²) in [4.78, 5) is 2.50. The van der Waals surface area contributed by atoms with Crippen LogP contribution < -0.4 is 0 Å². The van der Waals surface area contributed by atoms with Gasteiger partial charge in [0.15, 0.2) is 0 Å². The highest BCUT2D eigenvalue weighted by molar-refractivity contribution is 5.14. The van der Waals surface area contributed by atoms with Gasteiger partial charge in [0.1, 0.15) is 6.73 Å². The van der Waals surface area contributed by atoms with E-state index in [0.29, 0.717) is 12.1 Å². The van der Waals surface area contributed by atoms with Gasteiger partial charge in [-0.25, -0.2) is 0 Å². The summed E-state index contributed by atoms with van der Waals surface area (Å²) >= 11 is 0. The van der Waals surface area contributed by atoms with E-state index >= 15 is 0 Å². The maximum atomic E-state index is 5.87. The van der Waals surface area contributed by atoms with Crippen LogP contribution in [0.1, 0.15) is 31.2 Å². The molecule has 0 bridgehead atoms. The fraction of sp³-hybridized carbons (Fsp3) is 0.571. The van der Waals surface area contributed by atoms with Crippen molar-refractivity contribution in [1.82, 2.24) is 4.90 Å². The van der Waals surface area contributed by atoms with Crippen molar-refractivity contribution >= 4 is 0 Å². The van der Waals surface area contributed by atoms with E-state index in [4.69, 9.17) is 4.74 Å². The average Bonchev–Trinajstić information content (AvgIpc) is 2.74. The number of ether oxygens (including phenoxy) is 1. The lowest BCUT2D eigenvalue weighted by Crippen LogP contribution is -2.36. The molecule has 2 aliphatic rings. The van der Waals surface area contributed by atoms with Crippen LogP contribution in [0.4, 0.5) is 0 Å². The van der Waals surface area contributed by atoms with Crippen LogP contribution in [0, 0.1) is 0 Å². The zero-order valence-electron chi connectivity index (χ0n) is 9.64.